The predicted molar refractivity (Wildman–Crippen MR) is 79.0 cm³/mol. The third kappa shape index (κ3) is 2.41. The van der Waals surface area contributed by atoms with E-state index in [-0.39, 0.29) is 31.3 Å². The molecule has 0 saturated heterocycles. The summed E-state index contributed by atoms with van der Waals surface area (Å²) in [5.74, 6) is 1.12. The van der Waals surface area contributed by atoms with Crippen molar-refractivity contribution < 1.29 is 18.7 Å². The van der Waals surface area contributed by atoms with Gasteiger partial charge in [0.1, 0.15) is 10.7 Å². The van der Waals surface area contributed by atoms with E-state index in [1.54, 1.807) is 5.38 Å². The van der Waals surface area contributed by atoms with Gasteiger partial charge >= 0.3 is 0 Å². The van der Waals surface area contributed by atoms with Gasteiger partial charge in [-0.1, -0.05) is 0 Å². The Kier molecular flexibility index (Phi) is 3.22. The van der Waals surface area contributed by atoms with E-state index in [4.69, 9.17) is 9.47 Å². The van der Waals surface area contributed by atoms with Gasteiger partial charge in [0.05, 0.1) is 6.67 Å². The number of aromatic nitrogens is 1. The molecular weight excluding hydrogens is 307 g/mol. The summed E-state index contributed by atoms with van der Waals surface area (Å²) < 4.78 is 23.0. The van der Waals surface area contributed by atoms with Crippen LogP contribution in [0.15, 0.2) is 23.6 Å². The SMILES string of the molecule is O=C(N[C@@H]1C[C@H]1CF)c1csc(-c2ccc3c(c2)OCO3)n1. The van der Waals surface area contributed by atoms with Crippen molar-refractivity contribution in [3.63, 3.8) is 0 Å². The van der Waals surface area contributed by atoms with E-state index in [0.717, 1.165) is 10.6 Å². The van der Waals surface area contributed by atoms with Crippen molar-refractivity contribution in [3.05, 3.63) is 29.3 Å². The first-order valence-corrected chi connectivity index (χ1v) is 7.85. The number of nitrogens with zero attached hydrogens (tertiary/aromatic N) is 1. The summed E-state index contributed by atoms with van der Waals surface area (Å²) in [6, 6.07) is 5.51. The minimum atomic E-state index is -0.384. The van der Waals surface area contributed by atoms with E-state index in [1.807, 2.05) is 18.2 Å². The molecule has 114 valence electrons. The van der Waals surface area contributed by atoms with Crippen LogP contribution < -0.4 is 14.8 Å². The summed E-state index contributed by atoms with van der Waals surface area (Å²) >= 11 is 1.39. The quantitative estimate of drug-likeness (QED) is 0.941. The predicted octanol–water partition coefficient (Wildman–Crippen LogP) is 2.63. The van der Waals surface area contributed by atoms with Crippen LogP contribution >= 0.6 is 11.3 Å². The zero-order chi connectivity index (χ0) is 15.1. The molecular formula is C15H13FN2O3S. The smallest absolute Gasteiger partial charge is 0.271 e. The molecule has 1 amide bonds. The Morgan fingerprint density at radius 2 is 2.27 bits per heavy atom. The van der Waals surface area contributed by atoms with E-state index >= 15 is 0 Å². The lowest BCUT2D eigenvalue weighted by atomic mass is 10.2. The molecule has 0 unspecified atom stereocenters. The van der Waals surface area contributed by atoms with Gasteiger partial charge < -0.3 is 14.8 Å². The van der Waals surface area contributed by atoms with Crippen molar-refractivity contribution in [1.82, 2.24) is 10.3 Å². The number of hydrogen-bond acceptors (Lipinski definition) is 5. The fourth-order valence-corrected chi connectivity index (χ4v) is 3.17. The van der Waals surface area contributed by atoms with Gasteiger partial charge in [-0.25, -0.2) is 4.98 Å². The topological polar surface area (TPSA) is 60.5 Å². The third-order valence-electron chi connectivity index (χ3n) is 3.79. The van der Waals surface area contributed by atoms with Crippen LogP contribution in [0.2, 0.25) is 0 Å². The van der Waals surface area contributed by atoms with Crippen molar-refractivity contribution in [2.24, 2.45) is 5.92 Å². The summed E-state index contributed by atoms with van der Waals surface area (Å²) in [6.07, 6.45) is 0.710. The zero-order valence-electron chi connectivity index (χ0n) is 11.5. The molecule has 22 heavy (non-hydrogen) atoms. The van der Waals surface area contributed by atoms with Crippen LogP contribution in [0.4, 0.5) is 4.39 Å². The molecule has 0 spiro atoms. The highest BCUT2D eigenvalue weighted by Crippen LogP contribution is 2.37. The Labute approximate surface area is 130 Å². The Morgan fingerprint density at radius 3 is 3.09 bits per heavy atom. The highest BCUT2D eigenvalue weighted by Gasteiger charge is 2.38. The summed E-state index contributed by atoms with van der Waals surface area (Å²) in [6.45, 7) is -0.161. The number of nitrogens with one attached hydrogen (secondary N) is 1. The molecule has 1 aromatic heterocycles. The lowest BCUT2D eigenvalue weighted by molar-refractivity contribution is 0.0944. The minimum Gasteiger partial charge on any atom is -0.454 e. The molecule has 2 aromatic rings. The molecule has 1 aromatic carbocycles. The number of fused-ring (bicyclic) bond motifs is 1. The number of amides is 1. The molecule has 5 nitrogen and oxygen atoms in total. The fraction of sp³-hybridized carbons (Fsp3) is 0.333. The van der Waals surface area contributed by atoms with Crippen molar-refractivity contribution in [2.45, 2.75) is 12.5 Å². The van der Waals surface area contributed by atoms with E-state index in [9.17, 15) is 9.18 Å². The first kappa shape index (κ1) is 13.5. The van der Waals surface area contributed by atoms with Crippen molar-refractivity contribution in [2.75, 3.05) is 13.5 Å². The molecule has 2 aliphatic rings. The highest BCUT2D eigenvalue weighted by molar-refractivity contribution is 7.13. The number of rotatable bonds is 4. The summed E-state index contributed by atoms with van der Waals surface area (Å²) in [4.78, 5) is 16.4. The second-order valence-corrected chi connectivity index (χ2v) is 6.19. The largest absolute Gasteiger partial charge is 0.454 e. The van der Waals surface area contributed by atoms with Crippen LogP contribution in [0.25, 0.3) is 10.6 Å². The molecule has 2 heterocycles. The number of carbonyl (C=O) groups excluding carboxylic acids is 1. The van der Waals surface area contributed by atoms with Crippen LogP contribution in [0.3, 0.4) is 0 Å². The third-order valence-corrected chi connectivity index (χ3v) is 4.68. The molecule has 1 aliphatic carbocycles. The van der Waals surface area contributed by atoms with Gasteiger partial charge in [0.2, 0.25) is 6.79 Å². The number of halogens is 1. The average molecular weight is 320 g/mol. The number of thiazole rings is 1. The van der Waals surface area contributed by atoms with Gasteiger partial charge in [0, 0.05) is 22.9 Å². The number of carbonyl (C=O) groups is 1. The minimum absolute atomic E-state index is 0.0316. The first-order chi connectivity index (χ1) is 10.7. The molecule has 4 rings (SSSR count). The number of ether oxygens (including phenoxy) is 2. The summed E-state index contributed by atoms with van der Waals surface area (Å²) in [7, 11) is 0. The van der Waals surface area contributed by atoms with Gasteiger partial charge in [0.25, 0.3) is 5.91 Å². The standard InChI is InChI=1S/C15H13FN2O3S/c16-5-9-3-10(9)17-14(19)11-6-22-15(18-11)8-1-2-12-13(4-8)21-7-20-12/h1-2,4,6,9-10H,3,5,7H2,(H,17,19)/t9-,10+/m0/s1. The van der Waals surface area contributed by atoms with Gasteiger partial charge in [-0.3, -0.25) is 9.18 Å². The lowest BCUT2D eigenvalue weighted by Crippen LogP contribution is -2.27. The molecule has 2 atom stereocenters. The first-order valence-electron chi connectivity index (χ1n) is 6.97. The van der Waals surface area contributed by atoms with Crippen LogP contribution in [0.5, 0.6) is 11.5 Å². The maximum atomic E-state index is 12.4. The second-order valence-electron chi connectivity index (χ2n) is 5.34. The van der Waals surface area contributed by atoms with Crippen LogP contribution in [0, 0.1) is 5.92 Å². The van der Waals surface area contributed by atoms with Gasteiger partial charge in [-0.2, -0.15) is 0 Å². The van der Waals surface area contributed by atoms with Crippen molar-refractivity contribution in [1.29, 1.82) is 0 Å². The molecule has 7 heteroatoms. The van der Waals surface area contributed by atoms with E-state index in [1.165, 1.54) is 11.3 Å². The van der Waals surface area contributed by atoms with Gasteiger partial charge in [0.15, 0.2) is 11.5 Å². The Hall–Kier alpha value is -2.15. The maximum absolute atomic E-state index is 12.4. The Bertz CT molecular complexity index is 733. The molecule has 0 bridgehead atoms. The summed E-state index contributed by atoms with van der Waals surface area (Å²) in [5.41, 5.74) is 1.24. The molecule has 1 fully saturated rings. The van der Waals surface area contributed by atoms with E-state index < -0.39 is 0 Å². The number of benzene rings is 1. The number of hydrogen-bond donors (Lipinski definition) is 1. The normalized spacial score (nSPS) is 21.7. The van der Waals surface area contributed by atoms with E-state index in [0.29, 0.717) is 23.6 Å². The van der Waals surface area contributed by atoms with Crippen LogP contribution in [0.1, 0.15) is 16.9 Å². The highest BCUT2D eigenvalue weighted by atomic mass is 32.1. The maximum Gasteiger partial charge on any atom is 0.271 e. The Morgan fingerprint density at radius 1 is 1.41 bits per heavy atom. The molecule has 0 radical (unpaired) electrons. The van der Waals surface area contributed by atoms with Crippen molar-refractivity contribution >= 4 is 17.2 Å². The van der Waals surface area contributed by atoms with Crippen LogP contribution in [-0.4, -0.2) is 30.4 Å². The van der Waals surface area contributed by atoms with Crippen molar-refractivity contribution in [3.8, 4) is 22.1 Å². The van der Waals surface area contributed by atoms with Crippen LogP contribution in [-0.2, 0) is 0 Å². The van der Waals surface area contributed by atoms with E-state index in [2.05, 4.69) is 10.3 Å². The Balaban J connectivity index is 1.50. The summed E-state index contributed by atoms with van der Waals surface area (Å²) in [5, 5.41) is 5.25. The fourth-order valence-electron chi connectivity index (χ4n) is 2.38. The molecule has 1 saturated carbocycles. The van der Waals surface area contributed by atoms with Gasteiger partial charge in [-0.15, -0.1) is 11.3 Å². The monoisotopic (exact) mass is 320 g/mol. The zero-order valence-corrected chi connectivity index (χ0v) is 12.4. The lowest BCUT2D eigenvalue weighted by Gasteiger charge is -2.01. The average Bonchev–Trinajstić information content (AvgIpc) is 2.95. The molecule has 1 aliphatic heterocycles. The second kappa shape index (κ2) is 5.24. The number of alkyl halides is 1. The molecule has 1 N–H and O–H groups in total. The van der Waals surface area contributed by atoms with Gasteiger partial charge in [-0.05, 0) is 24.6 Å².